The number of nitrogens with zero attached hydrogens (tertiary/aromatic N) is 5. The summed E-state index contributed by atoms with van der Waals surface area (Å²) in [5.41, 5.74) is 2.76. The third-order valence-electron chi connectivity index (χ3n) is 3.54. The number of nitrogens with one attached hydrogen (secondary N) is 1. The molecule has 25 heavy (non-hydrogen) atoms. The Balaban J connectivity index is 1.75. The van der Waals surface area contributed by atoms with Crippen molar-refractivity contribution in [2.24, 2.45) is 0 Å². The Labute approximate surface area is 155 Å². The highest BCUT2D eigenvalue weighted by Gasteiger charge is 2.30. The number of fused-ring (bicyclic) bond motifs is 3. The summed E-state index contributed by atoms with van der Waals surface area (Å²) < 4.78 is 3.16. The monoisotopic (exact) mass is 392 g/mol. The van der Waals surface area contributed by atoms with Crippen LogP contribution < -0.4 is 0 Å². The average Bonchev–Trinajstić information content (AvgIpc) is 3.20. The van der Waals surface area contributed by atoms with Crippen molar-refractivity contribution < 1.29 is 4.52 Å². The lowest BCUT2D eigenvalue weighted by Crippen LogP contribution is -2.01. The number of hydrogen-bond acceptors (Lipinski definition) is 6. The van der Waals surface area contributed by atoms with E-state index in [1.165, 1.54) is 0 Å². The first-order valence-electron chi connectivity index (χ1n) is 7.01. The molecule has 0 aliphatic rings. The number of benzene rings is 1. The summed E-state index contributed by atoms with van der Waals surface area (Å²) in [7, 11) is 0. The second-order valence-electron chi connectivity index (χ2n) is 5.24. The Bertz CT molecular complexity index is 1140. The maximum Gasteiger partial charge on any atom is 0.278 e. The zero-order valence-corrected chi connectivity index (χ0v) is 14.6. The van der Waals surface area contributed by atoms with E-state index in [2.05, 4.69) is 31.2 Å². The molecule has 0 saturated heterocycles. The third-order valence-corrected chi connectivity index (χ3v) is 4.02. The molecule has 0 aliphatic heterocycles. The molecule has 0 spiro atoms. The van der Waals surface area contributed by atoms with Gasteiger partial charge in [-0.1, -0.05) is 40.0 Å². The van der Waals surface area contributed by atoms with Crippen molar-refractivity contribution in [3.8, 4) is 6.07 Å². The van der Waals surface area contributed by atoms with Gasteiger partial charge in [-0.2, -0.15) is 10.2 Å². The van der Waals surface area contributed by atoms with Gasteiger partial charge in [-0.3, -0.25) is 4.98 Å². The summed E-state index contributed by atoms with van der Waals surface area (Å²) in [6.07, 6.45) is 1.92. The summed E-state index contributed by atoms with van der Waals surface area (Å²) in [5.74, 6) is 0.827. The Kier molecular flexibility index (Phi) is 3.76. The van der Waals surface area contributed by atoms with E-state index < -0.39 is 3.79 Å². The number of rotatable bonds is 2. The van der Waals surface area contributed by atoms with Crippen LogP contribution >= 0.6 is 34.8 Å². The molecule has 3 heterocycles. The molecule has 0 aliphatic carbocycles. The van der Waals surface area contributed by atoms with Crippen molar-refractivity contribution in [2.75, 3.05) is 0 Å². The van der Waals surface area contributed by atoms with Gasteiger partial charge in [0.25, 0.3) is 9.68 Å². The number of hydrogen-bond donors (Lipinski definition) is 1. The highest BCUT2D eigenvalue weighted by Crippen LogP contribution is 2.36. The second-order valence-corrected chi connectivity index (χ2v) is 7.52. The van der Waals surface area contributed by atoms with Crippen molar-refractivity contribution in [3.63, 3.8) is 0 Å². The summed E-state index contributed by atoms with van der Waals surface area (Å²) in [4.78, 5) is 16.1. The van der Waals surface area contributed by atoms with Gasteiger partial charge in [0.15, 0.2) is 5.82 Å². The van der Waals surface area contributed by atoms with Gasteiger partial charge in [0.2, 0.25) is 0 Å². The van der Waals surface area contributed by atoms with Gasteiger partial charge < -0.3 is 9.51 Å². The molecule has 0 atom stereocenters. The molecule has 4 aromatic rings. The number of imidazole rings is 1. The predicted molar refractivity (Wildman–Crippen MR) is 92.5 cm³/mol. The highest BCUT2D eigenvalue weighted by atomic mass is 35.6. The van der Waals surface area contributed by atoms with E-state index in [1.54, 1.807) is 24.4 Å². The fourth-order valence-electron chi connectivity index (χ4n) is 2.46. The van der Waals surface area contributed by atoms with E-state index in [4.69, 9.17) is 44.6 Å². The maximum atomic E-state index is 9.08. The molecule has 0 radical (unpaired) electrons. The average molecular weight is 394 g/mol. The molecular formula is C15H7Cl3N6O. The lowest BCUT2D eigenvalue weighted by Gasteiger charge is -2.01. The summed E-state index contributed by atoms with van der Waals surface area (Å²) >= 11 is 17.1. The molecule has 124 valence electrons. The third kappa shape index (κ3) is 3.00. The molecule has 0 unspecified atom stereocenters. The van der Waals surface area contributed by atoms with Crippen LogP contribution in [0, 0.1) is 11.3 Å². The second kappa shape index (κ2) is 5.85. The van der Waals surface area contributed by atoms with Crippen LogP contribution in [-0.2, 0) is 10.2 Å². The molecule has 0 bridgehead atoms. The van der Waals surface area contributed by atoms with Crippen LogP contribution in [0.15, 0.2) is 28.9 Å². The SMILES string of the molecule is N#Cc1ccc2ncc3nc(Cc4noc(C(Cl)(Cl)Cl)n4)[nH]c3c2c1. The van der Waals surface area contributed by atoms with Gasteiger partial charge in [-0.25, -0.2) is 4.98 Å². The number of pyridine rings is 1. The van der Waals surface area contributed by atoms with Gasteiger partial charge in [0, 0.05) is 5.39 Å². The molecule has 0 saturated carbocycles. The van der Waals surface area contributed by atoms with E-state index >= 15 is 0 Å². The van der Waals surface area contributed by atoms with Crippen LogP contribution in [0.5, 0.6) is 0 Å². The molecular weight excluding hydrogens is 387 g/mol. The Morgan fingerprint density at radius 2 is 2.04 bits per heavy atom. The minimum Gasteiger partial charge on any atom is -0.341 e. The van der Waals surface area contributed by atoms with Crippen LogP contribution in [-0.4, -0.2) is 25.1 Å². The predicted octanol–water partition coefficient (Wildman–Crippen LogP) is 3.78. The number of alkyl halides is 3. The molecule has 10 heteroatoms. The lowest BCUT2D eigenvalue weighted by atomic mass is 10.1. The number of H-pyrrole nitrogens is 1. The topological polar surface area (TPSA) is 104 Å². The van der Waals surface area contributed by atoms with Gasteiger partial charge in [0.1, 0.15) is 11.3 Å². The van der Waals surface area contributed by atoms with E-state index in [0.29, 0.717) is 22.7 Å². The van der Waals surface area contributed by atoms with Crippen molar-refractivity contribution in [1.29, 1.82) is 5.26 Å². The van der Waals surface area contributed by atoms with Gasteiger partial charge in [-0.05, 0) is 18.2 Å². The highest BCUT2D eigenvalue weighted by molar-refractivity contribution is 6.66. The minimum absolute atomic E-state index is 0.102. The van der Waals surface area contributed by atoms with Crippen LogP contribution in [0.4, 0.5) is 0 Å². The van der Waals surface area contributed by atoms with Gasteiger partial charge in [0.05, 0.1) is 35.3 Å². The zero-order chi connectivity index (χ0) is 17.6. The summed E-state index contributed by atoms with van der Waals surface area (Å²) in [5, 5.41) is 13.7. The van der Waals surface area contributed by atoms with E-state index in [-0.39, 0.29) is 12.3 Å². The van der Waals surface area contributed by atoms with Gasteiger partial charge >= 0.3 is 0 Å². The summed E-state index contributed by atoms with van der Waals surface area (Å²) in [6.45, 7) is 0. The van der Waals surface area contributed by atoms with Crippen LogP contribution in [0.1, 0.15) is 23.1 Å². The number of nitriles is 1. The van der Waals surface area contributed by atoms with Crippen molar-refractivity contribution >= 4 is 56.7 Å². The van der Waals surface area contributed by atoms with Gasteiger partial charge in [-0.15, -0.1) is 0 Å². The Morgan fingerprint density at radius 3 is 2.76 bits per heavy atom. The first-order valence-corrected chi connectivity index (χ1v) is 8.14. The largest absolute Gasteiger partial charge is 0.341 e. The van der Waals surface area contributed by atoms with E-state index in [1.807, 2.05) is 0 Å². The smallest absolute Gasteiger partial charge is 0.278 e. The normalized spacial score (nSPS) is 11.9. The molecule has 0 fully saturated rings. The first-order chi connectivity index (χ1) is 11.9. The van der Waals surface area contributed by atoms with Crippen molar-refractivity contribution in [3.05, 3.63) is 47.5 Å². The molecule has 7 nitrogen and oxygen atoms in total. The standard InChI is InChI=1S/C15H7Cl3N6O/c16-15(17,18)14-23-12(24-25-14)4-11-21-10-6-20-9-2-1-7(5-19)3-8(9)13(10)22-11/h1-3,6H,4H2,(H,21,22). The van der Waals surface area contributed by atoms with Crippen LogP contribution in [0.3, 0.4) is 0 Å². The fourth-order valence-corrected chi connectivity index (χ4v) is 2.69. The molecule has 0 amide bonds. The van der Waals surface area contributed by atoms with E-state index in [9.17, 15) is 0 Å². The van der Waals surface area contributed by atoms with Crippen LogP contribution in [0.25, 0.3) is 21.9 Å². The lowest BCUT2D eigenvalue weighted by molar-refractivity contribution is 0.377. The first kappa shape index (κ1) is 16.1. The van der Waals surface area contributed by atoms with Crippen molar-refractivity contribution in [1.82, 2.24) is 25.1 Å². The fraction of sp³-hybridized carbons (Fsp3) is 0.133. The molecule has 1 N–H and O–H groups in total. The van der Waals surface area contributed by atoms with E-state index in [0.717, 1.165) is 16.4 Å². The Morgan fingerprint density at radius 1 is 1.20 bits per heavy atom. The number of halogens is 3. The molecule has 3 aromatic heterocycles. The van der Waals surface area contributed by atoms with Crippen molar-refractivity contribution in [2.45, 2.75) is 10.2 Å². The molecule has 4 rings (SSSR count). The maximum absolute atomic E-state index is 9.08. The quantitative estimate of drug-likeness (QED) is 0.520. The molecule has 1 aromatic carbocycles. The zero-order valence-electron chi connectivity index (χ0n) is 12.3. The summed E-state index contributed by atoms with van der Waals surface area (Å²) in [6, 6.07) is 7.39. The number of aromatic amines is 1. The number of aromatic nitrogens is 5. The Hall–Kier alpha value is -2.40. The minimum atomic E-state index is -1.77. The van der Waals surface area contributed by atoms with Crippen LogP contribution in [0.2, 0.25) is 0 Å².